The van der Waals surface area contributed by atoms with Gasteiger partial charge in [0.15, 0.2) is 5.43 Å². The lowest BCUT2D eigenvalue weighted by Crippen LogP contribution is -2.25. The molecule has 1 fully saturated rings. The van der Waals surface area contributed by atoms with Crippen LogP contribution in [0.1, 0.15) is 25.7 Å². The molecule has 15 heavy (non-hydrogen) atoms. The van der Waals surface area contributed by atoms with Crippen LogP contribution in [0.3, 0.4) is 0 Å². The maximum atomic E-state index is 10.9. The lowest BCUT2D eigenvalue weighted by Gasteiger charge is -2.15. The van der Waals surface area contributed by atoms with Crippen LogP contribution in [-0.2, 0) is 6.54 Å². The number of nitrogens with zero attached hydrogens (tertiary/aromatic N) is 1. The molecule has 0 spiro atoms. The van der Waals surface area contributed by atoms with Crippen molar-refractivity contribution in [3.63, 3.8) is 0 Å². The smallest absolute Gasteiger partial charge is 0.181 e. The topological polar surface area (TPSA) is 48.0 Å². The lowest BCUT2D eigenvalue weighted by atomic mass is 10.0. The molecule has 0 saturated heterocycles. The quantitative estimate of drug-likeness (QED) is 0.812. The summed E-state index contributed by atoms with van der Waals surface area (Å²) >= 11 is 0. The largest absolute Gasteiger partial charge is 0.354 e. The summed E-state index contributed by atoms with van der Waals surface area (Å²) in [4.78, 5) is 10.9. The monoisotopic (exact) mass is 206 g/mol. The second-order valence-electron chi connectivity index (χ2n) is 4.42. The van der Waals surface area contributed by atoms with Gasteiger partial charge in [0.1, 0.15) is 0 Å². The third-order valence-electron chi connectivity index (χ3n) is 3.34. The summed E-state index contributed by atoms with van der Waals surface area (Å²) in [6.45, 7) is 0.971. The number of rotatable bonds is 3. The Balaban J connectivity index is 1.87. The van der Waals surface area contributed by atoms with Crippen molar-refractivity contribution in [2.75, 3.05) is 0 Å². The molecule has 82 valence electrons. The van der Waals surface area contributed by atoms with Crippen molar-refractivity contribution >= 4 is 0 Å². The van der Waals surface area contributed by atoms with Gasteiger partial charge < -0.3 is 10.3 Å². The minimum absolute atomic E-state index is 0.0730. The maximum Gasteiger partial charge on any atom is 0.181 e. The van der Waals surface area contributed by atoms with Gasteiger partial charge in [0.2, 0.25) is 0 Å². The van der Waals surface area contributed by atoms with Crippen molar-refractivity contribution in [2.45, 2.75) is 38.3 Å². The standard InChI is InChI=1S/C12H18N2O/c13-12-3-1-2-10(12)4-7-14-8-5-11(15)6-9-14/h5-6,8-10,12H,1-4,7,13H2. The van der Waals surface area contributed by atoms with Crippen LogP contribution in [0.15, 0.2) is 29.3 Å². The van der Waals surface area contributed by atoms with Crippen LogP contribution in [0.5, 0.6) is 0 Å². The van der Waals surface area contributed by atoms with Gasteiger partial charge in [-0.3, -0.25) is 4.79 Å². The molecule has 0 amide bonds. The molecule has 1 heterocycles. The number of aryl methyl sites for hydroxylation is 1. The number of hydrogen-bond acceptors (Lipinski definition) is 2. The van der Waals surface area contributed by atoms with E-state index in [1.165, 1.54) is 19.3 Å². The highest BCUT2D eigenvalue weighted by Gasteiger charge is 2.22. The molecule has 0 bridgehead atoms. The van der Waals surface area contributed by atoms with Crippen molar-refractivity contribution in [3.8, 4) is 0 Å². The molecule has 0 aromatic carbocycles. The van der Waals surface area contributed by atoms with Gasteiger partial charge in [-0.2, -0.15) is 0 Å². The highest BCUT2D eigenvalue weighted by atomic mass is 16.1. The van der Waals surface area contributed by atoms with Crippen LogP contribution < -0.4 is 11.2 Å². The normalized spacial score (nSPS) is 25.7. The van der Waals surface area contributed by atoms with E-state index in [9.17, 15) is 4.79 Å². The fourth-order valence-electron chi connectivity index (χ4n) is 2.33. The van der Waals surface area contributed by atoms with Crippen LogP contribution >= 0.6 is 0 Å². The molecule has 2 atom stereocenters. The van der Waals surface area contributed by atoms with Gasteiger partial charge in [-0.05, 0) is 25.2 Å². The molecule has 2 rings (SSSR count). The molecule has 2 N–H and O–H groups in total. The highest BCUT2D eigenvalue weighted by Crippen LogP contribution is 2.26. The fraction of sp³-hybridized carbons (Fsp3) is 0.583. The average molecular weight is 206 g/mol. The second kappa shape index (κ2) is 4.62. The lowest BCUT2D eigenvalue weighted by molar-refractivity contribution is 0.414. The van der Waals surface area contributed by atoms with E-state index in [0.717, 1.165) is 13.0 Å². The Morgan fingerprint density at radius 1 is 1.33 bits per heavy atom. The van der Waals surface area contributed by atoms with E-state index in [1.807, 2.05) is 12.4 Å². The zero-order valence-electron chi connectivity index (χ0n) is 8.93. The van der Waals surface area contributed by atoms with Gasteiger partial charge in [0.05, 0.1) is 0 Å². The van der Waals surface area contributed by atoms with Crippen molar-refractivity contribution in [2.24, 2.45) is 11.7 Å². The Labute approximate surface area is 89.9 Å². The molecule has 1 saturated carbocycles. The minimum Gasteiger partial charge on any atom is -0.354 e. The highest BCUT2D eigenvalue weighted by molar-refractivity contribution is 4.93. The zero-order chi connectivity index (χ0) is 10.7. The first-order valence-electron chi connectivity index (χ1n) is 5.67. The Hall–Kier alpha value is -1.09. The Morgan fingerprint density at radius 2 is 2.07 bits per heavy atom. The first-order chi connectivity index (χ1) is 7.25. The molecule has 1 aliphatic rings. The molecule has 0 radical (unpaired) electrons. The molecular formula is C12H18N2O. The van der Waals surface area contributed by atoms with Gasteiger partial charge >= 0.3 is 0 Å². The summed E-state index contributed by atoms with van der Waals surface area (Å²) in [6.07, 6.45) is 8.54. The molecular weight excluding hydrogens is 188 g/mol. The van der Waals surface area contributed by atoms with Crippen molar-refractivity contribution in [1.29, 1.82) is 0 Å². The summed E-state index contributed by atoms with van der Waals surface area (Å²) in [6, 6.07) is 3.60. The fourth-order valence-corrected chi connectivity index (χ4v) is 2.33. The SMILES string of the molecule is NC1CCCC1CCn1ccc(=O)cc1. The summed E-state index contributed by atoms with van der Waals surface area (Å²) in [5, 5.41) is 0. The van der Waals surface area contributed by atoms with Gasteiger partial charge in [0, 0.05) is 37.1 Å². The summed E-state index contributed by atoms with van der Waals surface area (Å²) in [5.41, 5.74) is 6.08. The van der Waals surface area contributed by atoms with Crippen molar-refractivity contribution in [1.82, 2.24) is 4.57 Å². The van der Waals surface area contributed by atoms with Crippen LogP contribution in [0.2, 0.25) is 0 Å². The van der Waals surface area contributed by atoms with E-state index in [0.29, 0.717) is 12.0 Å². The third kappa shape index (κ3) is 2.69. The summed E-state index contributed by atoms with van der Waals surface area (Å²) < 4.78 is 2.06. The molecule has 1 aromatic rings. The number of hydrogen-bond donors (Lipinski definition) is 1. The maximum absolute atomic E-state index is 10.9. The van der Waals surface area contributed by atoms with Crippen molar-refractivity contribution < 1.29 is 0 Å². The van der Waals surface area contributed by atoms with Crippen LogP contribution in [0.4, 0.5) is 0 Å². The molecule has 2 unspecified atom stereocenters. The van der Waals surface area contributed by atoms with Gasteiger partial charge in [-0.1, -0.05) is 6.42 Å². The molecule has 1 aliphatic carbocycles. The zero-order valence-corrected chi connectivity index (χ0v) is 8.93. The molecule has 3 nitrogen and oxygen atoms in total. The number of aromatic nitrogens is 1. The first kappa shape index (κ1) is 10.4. The molecule has 3 heteroatoms. The van der Waals surface area contributed by atoms with Crippen molar-refractivity contribution in [3.05, 3.63) is 34.7 Å². The van der Waals surface area contributed by atoms with E-state index in [2.05, 4.69) is 4.57 Å². The van der Waals surface area contributed by atoms with Gasteiger partial charge in [-0.15, -0.1) is 0 Å². The third-order valence-corrected chi connectivity index (χ3v) is 3.34. The average Bonchev–Trinajstić information content (AvgIpc) is 2.63. The Morgan fingerprint density at radius 3 is 2.67 bits per heavy atom. The van der Waals surface area contributed by atoms with E-state index in [1.54, 1.807) is 12.1 Å². The summed E-state index contributed by atoms with van der Waals surface area (Å²) in [5.74, 6) is 0.671. The van der Waals surface area contributed by atoms with E-state index < -0.39 is 0 Å². The first-order valence-corrected chi connectivity index (χ1v) is 5.67. The van der Waals surface area contributed by atoms with E-state index in [-0.39, 0.29) is 5.43 Å². The molecule has 0 aliphatic heterocycles. The predicted molar refractivity (Wildman–Crippen MR) is 60.6 cm³/mol. The van der Waals surface area contributed by atoms with Gasteiger partial charge in [0.25, 0.3) is 0 Å². The van der Waals surface area contributed by atoms with Gasteiger partial charge in [-0.25, -0.2) is 0 Å². The molecule has 1 aromatic heterocycles. The van der Waals surface area contributed by atoms with Crippen LogP contribution in [-0.4, -0.2) is 10.6 Å². The summed E-state index contributed by atoms with van der Waals surface area (Å²) in [7, 11) is 0. The van der Waals surface area contributed by atoms with Crippen LogP contribution in [0, 0.1) is 5.92 Å². The predicted octanol–water partition coefficient (Wildman–Crippen LogP) is 1.37. The minimum atomic E-state index is 0.0730. The Bertz CT molecular complexity index is 352. The number of pyridine rings is 1. The van der Waals surface area contributed by atoms with E-state index >= 15 is 0 Å². The number of nitrogens with two attached hydrogens (primary N) is 1. The van der Waals surface area contributed by atoms with Crippen LogP contribution in [0.25, 0.3) is 0 Å². The Kier molecular flexibility index (Phi) is 3.21. The second-order valence-corrected chi connectivity index (χ2v) is 4.42. The van der Waals surface area contributed by atoms with E-state index in [4.69, 9.17) is 5.73 Å².